The van der Waals surface area contributed by atoms with Crippen LogP contribution in [0, 0.1) is 0 Å². The van der Waals surface area contributed by atoms with E-state index in [1.165, 1.54) is 13.2 Å². The van der Waals surface area contributed by atoms with Crippen LogP contribution in [0.1, 0.15) is 11.1 Å². The van der Waals surface area contributed by atoms with Crippen LogP contribution in [0.15, 0.2) is 53.4 Å². The number of ether oxygens (including phenoxy) is 1. The Balaban J connectivity index is 1.76. The second kappa shape index (κ2) is 5.96. The Kier molecular flexibility index (Phi) is 4.14. The fourth-order valence-electron chi connectivity index (χ4n) is 2.95. The Morgan fingerprint density at radius 3 is 2.26 bits per heavy atom. The van der Waals surface area contributed by atoms with E-state index in [-0.39, 0.29) is 17.2 Å². The van der Waals surface area contributed by atoms with Crippen LogP contribution in [0.2, 0.25) is 0 Å². The predicted molar refractivity (Wildman–Crippen MR) is 87.0 cm³/mol. The van der Waals surface area contributed by atoms with Gasteiger partial charge in [0.05, 0.1) is 12.7 Å². The average molecular weight is 333 g/mol. The summed E-state index contributed by atoms with van der Waals surface area (Å²) in [5.74, 6) is 0.279. The van der Waals surface area contributed by atoms with Crippen molar-refractivity contribution in [1.29, 1.82) is 0 Å². The predicted octanol–water partition coefficient (Wildman–Crippen LogP) is 1.50. The highest BCUT2D eigenvalue weighted by Gasteiger charge is 2.36. The normalized spacial score (nSPS) is 16.1. The van der Waals surface area contributed by atoms with Gasteiger partial charge in [-0.1, -0.05) is 36.4 Å². The SMILES string of the molecule is COc1ccccc1S(=O)(=O)NCC1(O)Cc2ccccc2C1. The molecule has 0 saturated carbocycles. The topological polar surface area (TPSA) is 75.6 Å². The minimum absolute atomic E-state index is 0.0396. The number of fused-ring (bicyclic) bond motifs is 1. The molecule has 0 amide bonds. The first-order valence-electron chi connectivity index (χ1n) is 7.35. The number of hydrogen-bond acceptors (Lipinski definition) is 4. The van der Waals surface area contributed by atoms with Gasteiger partial charge in [-0.25, -0.2) is 13.1 Å². The number of hydrogen-bond donors (Lipinski definition) is 2. The first-order valence-corrected chi connectivity index (χ1v) is 8.84. The largest absolute Gasteiger partial charge is 0.495 e. The van der Waals surface area contributed by atoms with Crippen LogP contribution in [-0.2, 0) is 22.9 Å². The molecule has 2 aromatic rings. The van der Waals surface area contributed by atoms with Gasteiger partial charge in [0.25, 0.3) is 0 Å². The third-order valence-electron chi connectivity index (χ3n) is 4.11. The Morgan fingerprint density at radius 2 is 1.65 bits per heavy atom. The van der Waals surface area contributed by atoms with Crippen molar-refractivity contribution in [3.63, 3.8) is 0 Å². The van der Waals surface area contributed by atoms with E-state index in [4.69, 9.17) is 4.74 Å². The molecule has 0 fully saturated rings. The number of para-hydroxylation sites is 1. The van der Waals surface area contributed by atoms with Crippen LogP contribution >= 0.6 is 0 Å². The van der Waals surface area contributed by atoms with Crippen molar-refractivity contribution in [2.24, 2.45) is 0 Å². The summed E-state index contributed by atoms with van der Waals surface area (Å²) in [6, 6.07) is 14.2. The summed E-state index contributed by atoms with van der Waals surface area (Å²) < 4.78 is 32.6. The molecular formula is C17H19NO4S. The summed E-state index contributed by atoms with van der Waals surface area (Å²) in [5.41, 5.74) is 1.02. The van der Waals surface area contributed by atoms with E-state index in [1.807, 2.05) is 24.3 Å². The molecule has 3 rings (SSSR count). The zero-order chi connectivity index (χ0) is 16.5. The van der Waals surface area contributed by atoms with Crippen LogP contribution in [0.25, 0.3) is 0 Å². The number of nitrogens with one attached hydrogen (secondary N) is 1. The Bertz CT molecular complexity index is 792. The van der Waals surface area contributed by atoms with E-state index in [2.05, 4.69) is 4.72 Å². The molecule has 0 heterocycles. The number of benzene rings is 2. The van der Waals surface area contributed by atoms with E-state index in [1.54, 1.807) is 18.2 Å². The van der Waals surface area contributed by atoms with Crippen molar-refractivity contribution >= 4 is 10.0 Å². The Morgan fingerprint density at radius 1 is 1.09 bits per heavy atom. The highest BCUT2D eigenvalue weighted by molar-refractivity contribution is 7.89. The van der Waals surface area contributed by atoms with Gasteiger partial charge in [0.2, 0.25) is 10.0 Å². The van der Waals surface area contributed by atoms with Gasteiger partial charge in [-0.3, -0.25) is 0 Å². The van der Waals surface area contributed by atoms with Gasteiger partial charge >= 0.3 is 0 Å². The molecule has 2 N–H and O–H groups in total. The molecular weight excluding hydrogens is 314 g/mol. The van der Waals surface area contributed by atoms with Crippen molar-refractivity contribution in [2.45, 2.75) is 23.3 Å². The van der Waals surface area contributed by atoms with Crippen LogP contribution in [0.4, 0.5) is 0 Å². The van der Waals surface area contributed by atoms with Crippen molar-refractivity contribution in [1.82, 2.24) is 4.72 Å². The quantitative estimate of drug-likeness (QED) is 0.869. The molecule has 0 atom stereocenters. The van der Waals surface area contributed by atoms with Crippen LogP contribution in [-0.4, -0.2) is 32.8 Å². The number of methoxy groups -OCH3 is 1. The molecule has 122 valence electrons. The molecule has 0 aliphatic heterocycles. The molecule has 0 radical (unpaired) electrons. The second-order valence-electron chi connectivity index (χ2n) is 5.82. The average Bonchev–Trinajstić information content (AvgIpc) is 2.90. The highest BCUT2D eigenvalue weighted by Crippen LogP contribution is 2.30. The summed E-state index contributed by atoms with van der Waals surface area (Å²) in [4.78, 5) is 0.0709. The van der Waals surface area contributed by atoms with Crippen molar-refractivity contribution in [3.8, 4) is 5.75 Å². The zero-order valence-electron chi connectivity index (χ0n) is 12.8. The summed E-state index contributed by atoms with van der Waals surface area (Å²) in [5, 5.41) is 10.7. The first-order chi connectivity index (χ1) is 10.9. The van der Waals surface area contributed by atoms with E-state index in [9.17, 15) is 13.5 Å². The molecule has 0 saturated heterocycles. The molecule has 2 aromatic carbocycles. The number of sulfonamides is 1. The van der Waals surface area contributed by atoms with Gasteiger partial charge < -0.3 is 9.84 Å². The summed E-state index contributed by atoms with van der Waals surface area (Å²) >= 11 is 0. The van der Waals surface area contributed by atoms with Gasteiger partial charge in [-0.05, 0) is 23.3 Å². The lowest BCUT2D eigenvalue weighted by molar-refractivity contribution is 0.0567. The van der Waals surface area contributed by atoms with Crippen molar-refractivity contribution in [2.75, 3.05) is 13.7 Å². The van der Waals surface area contributed by atoms with E-state index >= 15 is 0 Å². The van der Waals surface area contributed by atoms with Crippen molar-refractivity contribution < 1.29 is 18.3 Å². The summed E-state index contributed by atoms with van der Waals surface area (Å²) in [6.07, 6.45) is 0.884. The van der Waals surface area contributed by atoms with Gasteiger partial charge in [0.1, 0.15) is 10.6 Å². The number of aliphatic hydroxyl groups is 1. The number of rotatable bonds is 5. The highest BCUT2D eigenvalue weighted by atomic mass is 32.2. The lowest BCUT2D eigenvalue weighted by atomic mass is 10.0. The lowest BCUT2D eigenvalue weighted by Gasteiger charge is -2.22. The third-order valence-corrected chi connectivity index (χ3v) is 5.55. The van der Waals surface area contributed by atoms with E-state index < -0.39 is 15.6 Å². The molecule has 5 nitrogen and oxygen atoms in total. The van der Waals surface area contributed by atoms with Crippen LogP contribution in [0.3, 0.4) is 0 Å². The zero-order valence-corrected chi connectivity index (χ0v) is 13.6. The molecule has 1 aliphatic carbocycles. The van der Waals surface area contributed by atoms with E-state index in [0.717, 1.165) is 11.1 Å². The minimum atomic E-state index is -3.75. The molecule has 0 spiro atoms. The standard InChI is InChI=1S/C17H19NO4S/c1-22-15-8-4-5-9-16(15)23(20,21)18-12-17(19)10-13-6-2-3-7-14(13)11-17/h2-9,18-19H,10-12H2,1H3. The minimum Gasteiger partial charge on any atom is -0.495 e. The van der Waals surface area contributed by atoms with Crippen LogP contribution < -0.4 is 9.46 Å². The second-order valence-corrected chi connectivity index (χ2v) is 7.56. The lowest BCUT2D eigenvalue weighted by Crippen LogP contribution is -2.43. The molecule has 23 heavy (non-hydrogen) atoms. The molecule has 0 aromatic heterocycles. The van der Waals surface area contributed by atoms with Gasteiger partial charge in [-0.15, -0.1) is 0 Å². The maximum Gasteiger partial charge on any atom is 0.244 e. The molecule has 1 aliphatic rings. The smallest absolute Gasteiger partial charge is 0.244 e. The van der Waals surface area contributed by atoms with Gasteiger partial charge in [0.15, 0.2) is 0 Å². The maximum absolute atomic E-state index is 12.5. The van der Waals surface area contributed by atoms with Gasteiger partial charge in [-0.2, -0.15) is 0 Å². The first kappa shape index (κ1) is 16.0. The maximum atomic E-state index is 12.5. The molecule has 0 unspecified atom stereocenters. The Hall–Kier alpha value is -1.89. The third kappa shape index (κ3) is 3.24. The molecule has 6 heteroatoms. The van der Waals surface area contributed by atoms with E-state index in [0.29, 0.717) is 12.8 Å². The fraction of sp³-hybridized carbons (Fsp3) is 0.294. The van der Waals surface area contributed by atoms with Crippen LogP contribution in [0.5, 0.6) is 5.75 Å². The monoisotopic (exact) mass is 333 g/mol. The Labute approximate surface area is 136 Å². The summed E-state index contributed by atoms with van der Waals surface area (Å²) in [6.45, 7) is -0.0396. The van der Waals surface area contributed by atoms with Gasteiger partial charge in [0, 0.05) is 19.4 Å². The molecule has 0 bridgehead atoms. The fourth-order valence-corrected chi connectivity index (χ4v) is 4.23. The summed E-state index contributed by atoms with van der Waals surface area (Å²) in [7, 11) is -2.32. The van der Waals surface area contributed by atoms with Crippen molar-refractivity contribution in [3.05, 3.63) is 59.7 Å².